The first-order chi connectivity index (χ1) is 12.2. The summed E-state index contributed by atoms with van der Waals surface area (Å²) in [6, 6.07) is 27.0. The SMILES string of the molecule is O=[N+]([O-])c1ccc([P+](CCO)(c2ccccc2)c2ccccc2)cc1. The van der Waals surface area contributed by atoms with Crippen molar-refractivity contribution in [2.75, 3.05) is 12.8 Å². The fourth-order valence-corrected chi connectivity index (χ4v) is 7.17. The predicted octanol–water partition coefficient (Wildman–Crippen LogP) is 2.88. The van der Waals surface area contributed by atoms with Crippen LogP contribution in [0.3, 0.4) is 0 Å². The molecule has 0 aliphatic carbocycles. The number of nitro benzene ring substituents is 1. The van der Waals surface area contributed by atoms with Crippen molar-refractivity contribution in [3.63, 3.8) is 0 Å². The number of nitro groups is 1. The third-order valence-electron chi connectivity index (χ3n) is 4.33. The van der Waals surface area contributed by atoms with E-state index < -0.39 is 7.26 Å². The monoisotopic (exact) mass is 352 g/mol. The molecule has 0 aliphatic rings. The van der Waals surface area contributed by atoms with E-state index in [2.05, 4.69) is 24.3 Å². The number of hydrogen-bond acceptors (Lipinski definition) is 3. The average molecular weight is 352 g/mol. The highest BCUT2D eigenvalue weighted by Gasteiger charge is 2.44. The second-order valence-corrected chi connectivity index (χ2v) is 9.32. The number of aliphatic hydroxyl groups is 1. The Morgan fingerprint density at radius 3 is 1.60 bits per heavy atom. The number of nitrogens with zero attached hydrogens (tertiary/aromatic N) is 1. The number of non-ortho nitro benzene ring substituents is 1. The van der Waals surface area contributed by atoms with Crippen LogP contribution >= 0.6 is 7.26 Å². The van der Waals surface area contributed by atoms with Gasteiger partial charge in [0.15, 0.2) is 0 Å². The first-order valence-electron chi connectivity index (χ1n) is 8.03. The van der Waals surface area contributed by atoms with Gasteiger partial charge in [0, 0.05) is 12.1 Å². The molecule has 0 spiro atoms. The van der Waals surface area contributed by atoms with Crippen molar-refractivity contribution in [1.82, 2.24) is 0 Å². The number of aliphatic hydroxyl groups excluding tert-OH is 1. The third kappa shape index (κ3) is 3.32. The van der Waals surface area contributed by atoms with E-state index in [1.54, 1.807) is 12.1 Å². The molecule has 0 unspecified atom stereocenters. The molecule has 0 radical (unpaired) electrons. The van der Waals surface area contributed by atoms with E-state index in [1.165, 1.54) is 0 Å². The Hall–Kier alpha value is -2.55. The zero-order valence-electron chi connectivity index (χ0n) is 13.7. The molecule has 0 heterocycles. The summed E-state index contributed by atoms with van der Waals surface area (Å²) in [6.07, 6.45) is 0.596. The molecule has 4 nitrogen and oxygen atoms in total. The number of benzene rings is 3. The number of hydrogen-bond donors (Lipinski definition) is 1. The van der Waals surface area contributed by atoms with Gasteiger partial charge in [-0.2, -0.15) is 0 Å². The molecule has 0 aliphatic heterocycles. The van der Waals surface area contributed by atoms with Crippen molar-refractivity contribution >= 4 is 28.9 Å². The van der Waals surface area contributed by atoms with Crippen LogP contribution in [0.15, 0.2) is 84.9 Å². The van der Waals surface area contributed by atoms with Crippen LogP contribution in [0.5, 0.6) is 0 Å². The lowest BCUT2D eigenvalue weighted by Gasteiger charge is -2.26. The summed E-state index contributed by atoms with van der Waals surface area (Å²) in [5.74, 6) is 0. The van der Waals surface area contributed by atoms with Crippen LogP contribution in [0.1, 0.15) is 0 Å². The summed E-state index contributed by atoms with van der Waals surface area (Å²) < 4.78 is 0. The highest BCUT2D eigenvalue weighted by Crippen LogP contribution is 2.54. The molecule has 0 aromatic heterocycles. The van der Waals surface area contributed by atoms with Crippen molar-refractivity contribution in [3.05, 3.63) is 95.0 Å². The topological polar surface area (TPSA) is 63.4 Å². The number of rotatable bonds is 6. The van der Waals surface area contributed by atoms with Gasteiger partial charge in [-0.3, -0.25) is 10.1 Å². The summed E-state index contributed by atoms with van der Waals surface area (Å²) in [7, 11) is -2.08. The van der Waals surface area contributed by atoms with E-state index in [-0.39, 0.29) is 17.2 Å². The lowest BCUT2D eigenvalue weighted by Crippen LogP contribution is -2.34. The molecule has 25 heavy (non-hydrogen) atoms. The van der Waals surface area contributed by atoms with E-state index in [9.17, 15) is 15.2 Å². The Labute approximate surface area is 147 Å². The standard InChI is InChI=1S/C20H19NO3P/c22-15-16-25(18-7-3-1-4-8-18,19-9-5-2-6-10-19)20-13-11-17(12-14-20)21(23)24/h1-14,22H,15-16H2/q+1. The molecule has 5 heteroatoms. The van der Waals surface area contributed by atoms with E-state index in [0.29, 0.717) is 6.16 Å². The quantitative estimate of drug-likeness (QED) is 0.421. The van der Waals surface area contributed by atoms with Gasteiger partial charge in [-0.15, -0.1) is 0 Å². The van der Waals surface area contributed by atoms with Gasteiger partial charge in [0.25, 0.3) is 5.69 Å². The summed E-state index contributed by atoms with van der Waals surface area (Å²) in [4.78, 5) is 10.6. The average Bonchev–Trinajstić information content (AvgIpc) is 2.67. The first-order valence-corrected chi connectivity index (χ1v) is 10.0. The zero-order chi connectivity index (χ0) is 17.7. The lowest BCUT2D eigenvalue weighted by molar-refractivity contribution is -0.384. The first kappa shape index (κ1) is 17.3. The van der Waals surface area contributed by atoms with Crippen molar-refractivity contribution in [2.45, 2.75) is 0 Å². The van der Waals surface area contributed by atoms with Crippen LogP contribution in [0.4, 0.5) is 5.69 Å². The van der Waals surface area contributed by atoms with Crippen LogP contribution in [0.25, 0.3) is 0 Å². The largest absolute Gasteiger partial charge is 0.393 e. The molecule has 3 aromatic rings. The van der Waals surface area contributed by atoms with Gasteiger partial charge in [-0.1, -0.05) is 36.4 Å². The maximum Gasteiger partial charge on any atom is 0.269 e. The van der Waals surface area contributed by atoms with E-state index in [0.717, 1.165) is 15.9 Å². The lowest BCUT2D eigenvalue weighted by atomic mass is 10.3. The molecule has 1 N–H and O–H groups in total. The summed E-state index contributed by atoms with van der Waals surface area (Å²) in [6.45, 7) is 0.0502. The Bertz CT molecular complexity index is 796. The molecule has 0 bridgehead atoms. The van der Waals surface area contributed by atoms with Crippen molar-refractivity contribution in [3.8, 4) is 0 Å². The van der Waals surface area contributed by atoms with Gasteiger partial charge < -0.3 is 5.11 Å². The molecule has 3 aromatic carbocycles. The van der Waals surface area contributed by atoms with Crippen LogP contribution in [-0.4, -0.2) is 22.8 Å². The van der Waals surface area contributed by atoms with Crippen molar-refractivity contribution in [1.29, 1.82) is 0 Å². The second kappa shape index (κ2) is 7.56. The zero-order valence-corrected chi connectivity index (χ0v) is 14.5. The van der Waals surface area contributed by atoms with Gasteiger partial charge in [-0.05, 0) is 36.4 Å². The van der Waals surface area contributed by atoms with Gasteiger partial charge >= 0.3 is 0 Å². The minimum absolute atomic E-state index is 0.0502. The summed E-state index contributed by atoms with van der Waals surface area (Å²) in [5.41, 5.74) is 0.0759. The maximum atomic E-state index is 11.0. The third-order valence-corrected chi connectivity index (χ3v) is 8.74. The highest BCUT2D eigenvalue weighted by atomic mass is 31.2. The highest BCUT2D eigenvalue weighted by molar-refractivity contribution is 7.95. The van der Waals surface area contributed by atoms with Crippen LogP contribution in [0.2, 0.25) is 0 Å². The molecule has 0 saturated heterocycles. The summed E-state index contributed by atoms with van der Waals surface area (Å²) in [5, 5.41) is 24.2. The van der Waals surface area contributed by atoms with Crippen LogP contribution in [-0.2, 0) is 0 Å². The normalized spacial score (nSPS) is 11.2. The van der Waals surface area contributed by atoms with Crippen molar-refractivity contribution < 1.29 is 10.0 Å². The molecule has 3 rings (SSSR count). The maximum absolute atomic E-state index is 11.0. The smallest absolute Gasteiger partial charge is 0.269 e. The Morgan fingerprint density at radius 1 is 0.760 bits per heavy atom. The van der Waals surface area contributed by atoms with Gasteiger partial charge in [0.05, 0.1) is 17.7 Å². The van der Waals surface area contributed by atoms with Crippen LogP contribution < -0.4 is 15.9 Å². The second-order valence-electron chi connectivity index (χ2n) is 5.70. The molecule has 0 saturated carbocycles. The van der Waals surface area contributed by atoms with E-state index >= 15 is 0 Å². The minimum Gasteiger partial charge on any atom is -0.393 e. The van der Waals surface area contributed by atoms with E-state index in [4.69, 9.17) is 0 Å². The Kier molecular flexibility index (Phi) is 5.22. The Morgan fingerprint density at radius 2 is 1.20 bits per heavy atom. The molecule has 0 atom stereocenters. The van der Waals surface area contributed by atoms with Gasteiger partial charge in [-0.25, -0.2) is 0 Å². The molecular formula is C20H19NO3P+. The molecule has 0 fully saturated rings. The van der Waals surface area contributed by atoms with Crippen molar-refractivity contribution in [2.24, 2.45) is 0 Å². The molecule has 0 amide bonds. The fraction of sp³-hybridized carbons (Fsp3) is 0.100. The molecular weight excluding hydrogens is 333 g/mol. The van der Waals surface area contributed by atoms with Gasteiger partial charge in [0.1, 0.15) is 23.2 Å². The molecule has 126 valence electrons. The van der Waals surface area contributed by atoms with E-state index in [1.807, 2.05) is 48.5 Å². The van der Waals surface area contributed by atoms with Gasteiger partial charge in [0.2, 0.25) is 0 Å². The fourth-order valence-electron chi connectivity index (χ4n) is 3.18. The summed E-state index contributed by atoms with van der Waals surface area (Å²) >= 11 is 0. The Balaban J connectivity index is 2.25. The predicted molar refractivity (Wildman–Crippen MR) is 104 cm³/mol. The van der Waals surface area contributed by atoms with Crippen LogP contribution in [0, 0.1) is 10.1 Å². The minimum atomic E-state index is -2.08.